The number of thioether (sulfide) groups is 1. The third-order valence-corrected chi connectivity index (χ3v) is 6.15. The zero-order valence-electron chi connectivity index (χ0n) is 16.2. The fourth-order valence-electron chi connectivity index (χ4n) is 3.53. The Kier molecular flexibility index (Phi) is 4.99. The molecule has 0 bridgehead atoms. The molecular weight excluding hydrogens is 419 g/mol. The van der Waals surface area contributed by atoms with Gasteiger partial charge in [-0.15, -0.1) is 0 Å². The summed E-state index contributed by atoms with van der Waals surface area (Å²) < 4.78 is 16.3. The molecule has 1 aliphatic heterocycles. The number of amides is 1. The van der Waals surface area contributed by atoms with Gasteiger partial charge in [-0.2, -0.15) is 5.10 Å². The summed E-state index contributed by atoms with van der Waals surface area (Å²) in [6.07, 6.45) is 3.31. The minimum Gasteiger partial charge on any atom is -0.350 e. The average Bonchev–Trinajstić information content (AvgIpc) is 3.39. The Morgan fingerprint density at radius 1 is 1.23 bits per heavy atom. The molecule has 5 rings (SSSR count). The van der Waals surface area contributed by atoms with Gasteiger partial charge in [0.25, 0.3) is 5.56 Å². The Hall–Kier alpha value is -3.53. The highest BCUT2D eigenvalue weighted by atomic mass is 32.2. The summed E-state index contributed by atoms with van der Waals surface area (Å²) in [6, 6.07) is 11.0. The zero-order valence-corrected chi connectivity index (χ0v) is 17.1. The first-order chi connectivity index (χ1) is 15.1. The van der Waals surface area contributed by atoms with E-state index in [-0.39, 0.29) is 29.7 Å². The number of aromatic nitrogens is 5. The van der Waals surface area contributed by atoms with Gasteiger partial charge in [0.15, 0.2) is 10.8 Å². The SMILES string of the molecule is O=C(C[C@@H]1CSc2nc3c(cnn3-c3ccc(F)cc3)c(=O)n21)NCc1ccccn1. The highest BCUT2D eigenvalue weighted by molar-refractivity contribution is 7.99. The first-order valence-corrected chi connectivity index (χ1v) is 10.6. The van der Waals surface area contributed by atoms with E-state index in [0.29, 0.717) is 34.2 Å². The minimum atomic E-state index is -0.353. The molecule has 1 aromatic carbocycles. The molecule has 0 aliphatic carbocycles. The molecule has 10 heteroatoms. The maximum absolute atomic E-state index is 13.2. The molecule has 31 heavy (non-hydrogen) atoms. The summed E-state index contributed by atoms with van der Waals surface area (Å²) in [4.78, 5) is 34.4. The molecule has 0 fully saturated rings. The number of rotatable bonds is 5. The lowest BCUT2D eigenvalue weighted by atomic mass is 10.2. The van der Waals surface area contributed by atoms with Crippen molar-refractivity contribution >= 4 is 28.7 Å². The summed E-state index contributed by atoms with van der Waals surface area (Å²) in [5.41, 5.74) is 1.56. The lowest BCUT2D eigenvalue weighted by Gasteiger charge is -2.13. The number of benzene rings is 1. The fraction of sp³-hybridized carbons (Fsp3) is 0.190. The number of hydrogen-bond donors (Lipinski definition) is 1. The molecule has 0 spiro atoms. The van der Waals surface area contributed by atoms with Crippen LogP contribution in [0.3, 0.4) is 0 Å². The number of nitrogens with zero attached hydrogens (tertiary/aromatic N) is 5. The van der Waals surface area contributed by atoms with Crippen LogP contribution in [-0.2, 0) is 11.3 Å². The van der Waals surface area contributed by atoms with Gasteiger partial charge in [0, 0.05) is 18.4 Å². The molecule has 8 nitrogen and oxygen atoms in total. The van der Waals surface area contributed by atoms with E-state index in [1.165, 1.54) is 34.8 Å². The summed E-state index contributed by atoms with van der Waals surface area (Å²) >= 11 is 1.43. The van der Waals surface area contributed by atoms with E-state index in [0.717, 1.165) is 5.69 Å². The Bertz CT molecular complexity index is 1320. The highest BCUT2D eigenvalue weighted by Gasteiger charge is 2.29. The third-order valence-electron chi connectivity index (χ3n) is 5.06. The maximum Gasteiger partial charge on any atom is 0.265 e. The second-order valence-electron chi connectivity index (χ2n) is 7.11. The van der Waals surface area contributed by atoms with E-state index in [1.807, 2.05) is 18.2 Å². The number of carbonyl (C=O) groups excluding carboxylic acids is 1. The van der Waals surface area contributed by atoms with Crippen molar-refractivity contribution in [3.63, 3.8) is 0 Å². The second kappa shape index (κ2) is 7.95. The second-order valence-corrected chi connectivity index (χ2v) is 8.09. The molecule has 0 saturated heterocycles. The molecule has 156 valence electrons. The smallest absolute Gasteiger partial charge is 0.265 e. The zero-order chi connectivity index (χ0) is 21.4. The Morgan fingerprint density at radius 3 is 2.84 bits per heavy atom. The van der Waals surface area contributed by atoms with Crippen LogP contribution in [0.1, 0.15) is 18.2 Å². The minimum absolute atomic E-state index is 0.155. The monoisotopic (exact) mass is 436 g/mol. The number of hydrogen-bond acceptors (Lipinski definition) is 6. The van der Waals surface area contributed by atoms with Crippen molar-refractivity contribution in [3.8, 4) is 5.69 Å². The van der Waals surface area contributed by atoms with Crippen molar-refractivity contribution in [2.45, 2.75) is 24.2 Å². The van der Waals surface area contributed by atoms with E-state index >= 15 is 0 Å². The van der Waals surface area contributed by atoms with Crippen LogP contribution >= 0.6 is 11.8 Å². The first kappa shape index (κ1) is 19.4. The van der Waals surface area contributed by atoms with Crippen molar-refractivity contribution in [1.29, 1.82) is 0 Å². The van der Waals surface area contributed by atoms with Crippen LogP contribution in [0.15, 0.2) is 64.8 Å². The van der Waals surface area contributed by atoms with E-state index < -0.39 is 0 Å². The van der Waals surface area contributed by atoms with E-state index in [9.17, 15) is 14.0 Å². The fourth-order valence-corrected chi connectivity index (χ4v) is 4.66. The number of pyridine rings is 1. The number of carbonyl (C=O) groups is 1. The Balaban J connectivity index is 1.39. The van der Waals surface area contributed by atoms with Crippen LogP contribution < -0.4 is 10.9 Å². The molecular formula is C21H17FN6O2S. The number of fused-ring (bicyclic) bond motifs is 2. The predicted molar refractivity (Wildman–Crippen MR) is 114 cm³/mol. The van der Waals surface area contributed by atoms with Gasteiger partial charge in [-0.1, -0.05) is 17.8 Å². The average molecular weight is 436 g/mol. The van der Waals surface area contributed by atoms with E-state index in [1.54, 1.807) is 22.9 Å². The Labute approximate surface area is 180 Å². The molecule has 0 saturated carbocycles. The van der Waals surface area contributed by atoms with Crippen LogP contribution in [0.2, 0.25) is 0 Å². The summed E-state index contributed by atoms with van der Waals surface area (Å²) in [7, 11) is 0. The number of nitrogens with one attached hydrogen (secondary N) is 1. The Morgan fingerprint density at radius 2 is 2.06 bits per heavy atom. The molecule has 4 heterocycles. The topological polar surface area (TPSA) is 94.7 Å². The standard InChI is InChI=1S/C21H17FN6O2S/c22-13-4-6-15(7-5-13)28-19-17(11-25-28)20(30)27-16(12-31-21(27)26-19)9-18(29)24-10-14-3-1-2-8-23-14/h1-8,11,16H,9-10,12H2,(H,24,29)/t16-/m1/s1. The predicted octanol–water partition coefficient (Wildman–Crippen LogP) is 2.47. The van der Waals surface area contributed by atoms with E-state index in [4.69, 9.17) is 0 Å². The van der Waals surface area contributed by atoms with Gasteiger partial charge in [-0.25, -0.2) is 14.1 Å². The molecule has 0 unspecified atom stereocenters. The first-order valence-electron chi connectivity index (χ1n) is 9.66. The lowest BCUT2D eigenvalue weighted by molar-refractivity contribution is -0.121. The lowest BCUT2D eigenvalue weighted by Crippen LogP contribution is -2.30. The maximum atomic E-state index is 13.2. The summed E-state index contributed by atoms with van der Waals surface area (Å²) in [6.45, 7) is 0.336. The van der Waals surface area contributed by atoms with Crippen LogP contribution in [0.5, 0.6) is 0 Å². The van der Waals surface area contributed by atoms with Gasteiger partial charge in [0.2, 0.25) is 5.91 Å². The summed E-state index contributed by atoms with van der Waals surface area (Å²) in [5, 5.41) is 8.02. The molecule has 1 amide bonds. The van der Waals surface area contributed by atoms with Crippen LogP contribution in [0.25, 0.3) is 16.7 Å². The molecule has 4 aromatic rings. The molecule has 3 aromatic heterocycles. The van der Waals surface area contributed by atoms with Gasteiger partial charge in [-0.05, 0) is 36.4 Å². The molecule has 1 N–H and O–H groups in total. The normalized spacial score (nSPS) is 15.2. The van der Waals surface area contributed by atoms with Gasteiger partial charge in [0.1, 0.15) is 11.2 Å². The summed E-state index contributed by atoms with van der Waals surface area (Å²) in [5.74, 6) is 0.0718. The quantitative estimate of drug-likeness (QED) is 0.483. The van der Waals surface area contributed by atoms with E-state index in [2.05, 4.69) is 20.4 Å². The molecule has 1 atom stereocenters. The number of halogens is 1. The van der Waals surface area contributed by atoms with Crippen molar-refractivity contribution in [2.24, 2.45) is 0 Å². The third kappa shape index (κ3) is 3.70. The van der Waals surface area contributed by atoms with Crippen molar-refractivity contribution in [1.82, 2.24) is 29.6 Å². The van der Waals surface area contributed by atoms with Gasteiger partial charge >= 0.3 is 0 Å². The van der Waals surface area contributed by atoms with Crippen LogP contribution in [0, 0.1) is 5.82 Å². The van der Waals surface area contributed by atoms with Gasteiger partial charge in [-0.3, -0.25) is 19.1 Å². The van der Waals surface area contributed by atoms with Gasteiger partial charge in [0.05, 0.1) is 30.2 Å². The van der Waals surface area contributed by atoms with Crippen LogP contribution in [0.4, 0.5) is 4.39 Å². The van der Waals surface area contributed by atoms with Crippen molar-refractivity contribution in [2.75, 3.05) is 5.75 Å². The highest BCUT2D eigenvalue weighted by Crippen LogP contribution is 2.33. The molecule has 1 aliphatic rings. The largest absolute Gasteiger partial charge is 0.350 e. The van der Waals surface area contributed by atoms with Crippen molar-refractivity contribution < 1.29 is 9.18 Å². The van der Waals surface area contributed by atoms with Crippen molar-refractivity contribution in [3.05, 3.63) is 76.7 Å². The molecule has 0 radical (unpaired) electrons. The van der Waals surface area contributed by atoms with Gasteiger partial charge < -0.3 is 5.32 Å². The van der Waals surface area contributed by atoms with Crippen LogP contribution in [-0.4, -0.2) is 36.0 Å².